The van der Waals surface area contributed by atoms with Crippen molar-refractivity contribution in [1.29, 1.82) is 0 Å². The van der Waals surface area contributed by atoms with Crippen molar-refractivity contribution in [2.45, 2.75) is 13.3 Å². The zero-order valence-electron chi connectivity index (χ0n) is 9.63. The maximum absolute atomic E-state index is 7.88. The monoisotopic (exact) mass is 214 g/mol. The molecule has 0 heterocycles. The zero-order chi connectivity index (χ0) is 11.6. The Bertz CT molecular complexity index is 328. The van der Waals surface area contributed by atoms with Gasteiger partial charge in [0.15, 0.2) is 0 Å². The molecular formula is C15H18O. The Labute approximate surface area is 97.4 Å². The predicted octanol–water partition coefficient (Wildman–Crippen LogP) is 3.74. The highest BCUT2D eigenvalue weighted by Crippen LogP contribution is 2.17. The van der Waals surface area contributed by atoms with Crippen molar-refractivity contribution in [1.82, 2.24) is 0 Å². The number of aliphatic hydroxyl groups excluding tert-OH is 1. The third-order valence-corrected chi connectivity index (χ3v) is 2.10. The Morgan fingerprint density at radius 1 is 0.750 bits per heavy atom. The van der Waals surface area contributed by atoms with Crippen molar-refractivity contribution >= 4 is 0 Å². The van der Waals surface area contributed by atoms with Crippen molar-refractivity contribution in [2.75, 3.05) is 6.61 Å². The van der Waals surface area contributed by atoms with Crippen LogP contribution in [0.4, 0.5) is 0 Å². The standard InChI is InChI=1S/C12H10.C3H8O/c1-3-7-11(8-4-1)12-9-5-2-6-10-12;1-2-3-4/h1-10H;4H,2-3H2,1H3. The van der Waals surface area contributed by atoms with E-state index in [-0.39, 0.29) is 0 Å². The van der Waals surface area contributed by atoms with Gasteiger partial charge in [-0.1, -0.05) is 67.6 Å². The van der Waals surface area contributed by atoms with E-state index in [1.165, 1.54) is 11.1 Å². The Hall–Kier alpha value is -1.60. The molecule has 0 atom stereocenters. The van der Waals surface area contributed by atoms with Gasteiger partial charge in [0.2, 0.25) is 0 Å². The smallest absolute Gasteiger partial charge is 0.0428 e. The molecule has 0 aliphatic rings. The SMILES string of the molecule is CCCO.c1ccc(-c2ccccc2)cc1. The highest BCUT2D eigenvalue weighted by Gasteiger charge is 1.91. The number of rotatable bonds is 2. The van der Waals surface area contributed by atoms with E-state index in [1.807, 2.05) is 19.1 Å². The van der Waals surface area contributed by atoms with Crippen LogP contribution in [0, 0.1) is 0 Å². The molecule has 0 spiro atoms. The summed E-state index contributed by atoms with van der Waals surface area (Å²) in [6, 6.07) is 20.8. The summed E-state index contributed by atoms with van der Waals surface area (Å²) >= 11 is 0. The molecule has 0 aliphatic heterocycles. The van der Waals surface area contributed by atoms with Crippen LogP contribution in [0.15, 0.2) is 60.7 Å². The summed E-state index contributed by atoms with van der Waals surface area (Å²) in [5.41, 5.74) is 2.55. The van der Waals surface area contributed by atoms with Crippen LogP contribution in [-0.4, -0.2) is 11.7 Å². The number of hydrogen-bond donors (Lipinski definition) is 1. The van der Waals surface area contributed by atoms with Gasteiger partial charge in [-0.2, -0.15) is 0 Å². The molecule has 2 aromatic rings. The first kappa shape index (κ1) is 12.5. The Balaban J connectivity index is 0.000000280. The van der Waals surface area contributed by atoms with Gasteiger partial charge in [-0.3, -0.25) is 0 Å². The summed E-state index contributed by atoms with van der Waals surface area (Å²) in [6.07, 6.45) is 0.875. The van der Waals surface area contributed by atoms with Crippen LogP contribution in [0.2, 0.25) is 0 Å². The minimum atomic E-state index is 0.319. The Morgan fingerprint density at radius 3 is 1.31 bits per heavy atom. The first-order valence-corrected chi connectivity index (χ1v) is 5.59. The van der Waals surface area contributed by atoms with Gasteiger partial charge < -0.3 is 5.11 Å². The molecule has 0 unspecified atom stereocenters. The minimum absolute atomic E-state index is 0.319. The van der Waals surface area contributed by atoms with E-state index in [4.69, 9.17) is 5.11 Å². The Kier molecular flexibility index (Phi) is 5.97. The van der Waals surface area contributed by atoms with Gasteiger partial charge in [0.05, 0.1) is 0 Å². The minimum Gasteiger partial charge on any atom is -0.396 e. The molecule has 0 saturated carbocycles. The molecule has 0 bridgehead atoms. The lowest BCUT2D eigenvalue weighted by molar-refractivity contribution is 0.295. The summed E-state index contributed by atoms with van der Waals surface area (Å²) < 4.78 is 0. The lowest BCUT2D eigenvalue weighted by Gasteiger charge is -1.98. The molecule has 0 radical (unpaired) electrons. The first-order chi connectivity index (χ1) is 7.88. The summed E-state index contributed by atoms with van der Waals surface area (Å²) in [5.74, 6) is 0. The molecule has 2 rings (SSSR count). The summed E-state index contributed by atoms with van der Waals surface area (Å²) in [4.78, 5) is 0. The van der Waals surface area contributed by atoms with E-state index in [0.29, 0.717) is 6.61 Å². The lowest BCUT2D eigenvalue weighted by Crippen LogP contribution is -1.73. The summed E-state index contributed by atoms with van der Waals surface area (Å²) in [5, 5.41) is 7.88. The second-order valence-electron chi connectivity index (χ2n) is 3.46. The molecule has 0 aromatic heterocycles. The molecule has 2 aromatic carbocycles. The quantitative estimate of drug-likeness (QED) is 0.807. The van der Waals surface area contributed by atoms with Crippen LogP contribution >= 0.6 is 0 Å². The Morgan fingerprint density at radius 2 is 1.06 bits per heavy atom. The largest absolute Gasteiger partial charge is 0.396 e. The molecular weight excluding hydrogens is 196 g/mol. The van der Waals surface area contributed by atoms with Crippen molar-refractivity contribution in [2.24, 2.45) is 0 Å². The summed E-state index contributed by atoms with van der Waals surface area (Å²) in [7, 11) is 0. The fraction of sp³-hybridized carbons (Fsp3) is 0.200. The lowest BCUT2D eigenvalue weighted by atomic mass is 10.1. The predicted molar refractivity (Wildman–Crippen MR) is 69.3 cm³/mol. The fourth-order valence-corrected chi connectivity index (χ4v) is 1.26. The topological polar surface area (TPSA) is 20.2 Å². The second kappa shape index (κ2) is 7.66. The molecule has 0 aliphatic carbocycles. The third kappa shape index (κ3) is 4.28. The third-order valence-electron chi connectivity index (χ3n) is 2.10. The van der Waals surface area contributed by atoms with E-state index < -0.39 is 0 Å². The number of aliphatic hydroxyl groups is 1. The highest BCUT2D eigenvalue weighted by atomic mass is 16.2. The van der Waals surface area contributed by atoms with Gasteiger partial charge in [0.1, 0.15) is 0 Å². The van der Waals surface area contributed by atoms with Crippen molar-refractivity contribution in [3.63, 3.8) is 0 Å². The van der Waals surface area contributed by atoms with Crippen LogP contribution < -0.4 is 0 Å². The van der Waals surface area contributed by atoms with E-state index in [2.05, 4.69) is 48.5 Å². The normalized spacial score (nSPS) is 9.12. The van der Waals surface area contributed by atoms with Gasteiger partial charge in [-0.25, -0.2) is 0 Å². The van der Waals surface area contributed by atoms with Gasteiger partial charge in [0, 0.05) is 6.61 Å². The zero-order valence-corrected chi connectivity index (χ0v) is 9.63. The van der Waals surface area contributed by atoms with E-state index in [9.17, 15) is 0 Å². The van der Waals surface area contributed by atoms with Gasteiger partial charge in [-0.15, -0.1) is 0 Å². The van der Waals surface area contributed by atoms with Crippen LogP contribution in [-0.2, 0) is 0 Å². The average Bonchev–Trinajstić information content (AvgIpc) is 2.41. The molecule has 0 amide bonds. The van der Waals surface area contributed by atoms with Crippen LogP contribution in [0.1, 0.15) is 13.3 Å². The van der Waals surface area contributed by atoms with Crippen molar-refractivity contribution < 1.29 is 5.11 Å². The second-order valence-corrected chi connectivity index (χ2v) is 3.46. The summed E-state index contributed by atoms with van der Waals surface area (Å²) in [6.45, 7) is 2.25. The molecule has 0 fully saturated rings. The van der Waals surface area contributed by atoms with Crippen molar-refractivity contribution in [3.8, 4) is 11.1 Å². The van der Waals surface area contributed by atoms with Crippen molar-refractivity contribution in [3.05, 3.63) is 60.7 Å². The number of benzene rings is 2. The first-order valence-electron chi connectivity index (χ1n) is 5.59. The van der Waals surface area contributed by atoms with E-state index >= 15 is 0 Å². The van der Waals surface area contributed by atoms with Crippen LogP contribution in [0.3, 0.4) is 0 Å². The van der Waals surface area contributed by atoms with Gasteiger partial charge in [0.25, 0.3) is 0 Å². The van der Waals surface area contributed by atoms with E-state index in [1.54, 1.807) is 0 Å². The molecule has 1 heteroatoms. The van der Waals surface area contributed by atoms with Crippen LogP contribution in [0.5, 0.6) is 0 Å². The average molecular weight is 214 g/mol. The number of hydrogen-bond acceptors (Lipinski definition) is 1. The molecule has 1 nitrogen and oxygen atoms in total. The maximum Gasteiger partial charge on any atom is 0.0428 e. The molecule has 84 valence electrons. The molecule has 0 saturated heterocycles. The van der Waals surface area contributed by atoms with Gasteiger partial charge in [-0.05, 0) is 17.5 Å². The van der Waals surface area contributed by atoms with Crippen LogP contribution in [0.25, 0.3) is 11.1 Å². The van der Waals surface area contributed by atoms with Gasteiger partial charge >= 0.3 is 0 Å². The maximum atomic E-state index is 7.88. The fourth-order valence-electron chi connectivity index (χ4n) is 1.26. The molecule has 16 heavy (non-hydrogen) atoms. The van der Waals surface area contributed by atoms with E-state index in [0.717, 1.165) is 6.42 Å². The highest BCUT2D eigenvalue weighted by molar-refractivity contribution is 5.62. The molecule has 1 N–H and O–H groups in total.